The fourth-order valence-electron chi connectivity index (χ4n) is 2.13. The van der Waals surface area contributed by atoms with Crippen LogP contribution in [0.15, 0.2) is 12.4 Å². The summed E-state index contributed by atoms with van der Waals surface area (Å²) in [5, 5.41) is 3.36. The number of ether oxygens (including phenoxy) is 1. The summed E-state index contributed by atoms with van der Waals surface area (Å²) in [5.74, 6) is 0.767. The highest BCUT2D eigenvalue weighted by atomic mass is 16.5. The minimum atomic E-state index is 0.330. The first-order valence-corrected chi connectivity index (χ1v) is 7.02. The zero-order valence-corrected chi connectivity index (χ0v) is 12.1. The Bertz CT molecular complexity index is 374. The maximum atomic E-state index is 5.63. The second-order valence-corrected chi connectivity index (χ2v) is 5.44. The lowest BCUT2D eigenvalue weighted by atomic mass is 10.2. The van der Waals surface area contributed by atoms with Crippen molar-refractivity contribution in [2.24, 2.45) is 0 Å². The molecular formula is C14H24N4O. The second kappa shape index (κ2) is 6.82. The summed E-state index contributed by atoms with van der Waals surface area (Å²) < 4.78 is 5.63. The van der Waals surface area contributed by atoms with Crippen LogP contribution in [0.5, 0.6) is 0 Å². The van der Waals surface area contributed by atoms with E-state index in [0.29, 0.717) is 12.1 Å². The van der Waals surface area contributed by atoms with Crippen molar-refractivity contribution in [2.75, 3.05) is 25.1 Å². The van der Waals surface area contributed by atoms with Crippen molar-refractivity contribution < 1.29 is 4.74 Å². The van der Waals surface area contributed by atoms with E-state index in [1.807, 2.05) is 19.4 Å². The van der Waals surface area contributed by atoms with E-state index < -0.39 is 0 Å². The van der Waals surface area contributed by atoms with Gasteiger partial charge in [0.25, 0.3) is 0 Å². The van der Waals surface area contributed by atoms with Gasteiger partial charge in [-0.25, -0.2) is 9.97 Å². The van der Waals surface area contributed by atoms with Crippen LogP contribution in [-0.2, 0) is 11.3 Å². The number of rotatable bonds is 6. The molecule has 1 atom stereocenters. The number of likely N-dealkylation sites (N-methyl/N-ethyl adjacent to an activating group) is 1. The average molecular weight is 264 g/mol. The molecule has 1 aromatic rings. The zero-order valence-electron chi connectivity index (χ0n) is 12.1. The molecule has 5 heteroatoms. The van der Waals surface area contributed by atoms with Crippen LogP contribution in [0.4, 0.5) is 5.95 Å². The number of anilines is 1. The lowest BCUT2D eigenvalue weighted by Crippen LogP contribution is -2.30. The van der Waals surface area contributed by atoms with Crippen LogP contribution in [-0.4, -0.2) is 42.3 Å². The molecule has 1 N–H and O–H groups in total. The van der Waals surface area contributed by atoms with Crippen molar-refractivity contribution in [3.63, 3.8) is 0 Å². The van der Waals surface area contributed by atoms with Crippen molar-refractivity contribution in [2.45, 2.75) is 45.4 Å². The lowest BCUT2D eigenvalue weighted by molar-refractivity contribution is 0.116. The highest BCUT2D eigenvalue weighted by Crippen LogP contribution is 2.15. The fourth-order valence-corrected chi connectivity index (χ4v) is 2.13. The third kappa shape index (κ3) is 4.44. The minimum absolute atomic E-state index is 0.330. The average Bonchev–Trinajstić information content (AvgIpc) is 2.89. The Morgan fingerprint density at radius 2 is 2.16 bits per heavy atom. The van der Waals surface area contributed by atoms with E-state index >= 15 is 0 Å². The smallest absolute Gasteiger partial charge is 0.225 e. The topological polar surface area (TPSA) is 50.3 Å². The lowest BCUT2D eigenvalue weighted by Gasteiger charge is -2.20. The Labute approximate surface area is 115 Å². The quantitative estimate of drug-likeness (QED) is 0.845. The monoisotopic (exact) mass is 264 g/mol. The van der Waals surface area contributed by atoms with E-state index in [4.69, 9.17) is 4.74 Å². The molecule has 2 heterocycles. The number of nitrogens with zero attached hydrogens (tertiary/aromatic N) is 3. The van der Waals surface area contributed by atoms with Crippen LogP contribution >= 0.6 is 0 Å². The van der Waals surface area contributed by atoms with Gasteiger partial charge in [0.2, 0.25) is 5.95 Å². The molecule has 0 saturated carbocycles. The summed E-state index contributed by atoms with van der Waals surface area (Å²) in [5.41, 5.74) is 1.11. The molecule has 1 fully saturated rings. The molecule has 0 aromatic carbocycles. The number of nitrogens with one attached hydrogen (secondary N) is 1. The Morgan fingerprint density at radius 3 is 2.74 bits per heavy atom. The van der Waals surface area contributed by atoms with Crippen LogP contribution in [0, 0.1) is 0 Å². The van der Waals surface area contributed by atoms with E-state index in [-0.39, 0.29) is 0 Å². The van der Waals surface area contributed by atoms with Gasteiger partial charge < -0.3 is 15.0 Å². The molecule has 5 nitrogen and oxygen atoms in total. The third-order valence-corrected chi connectivity index (χ3v) is 3.25. The van der Waals surface area contributed by atoms with Crippen molar-refractivity contribution in [1.82, 2.24) is 15.3 Å². The Balaban J connectivity index is 1.86. The van der Waals surface area contributed by atoms with E-state index in [1.54, 1.807) is 0 Å². The van der Waals surface area contributed by atoms with Gasteiger partial charge in [-0.15, -0.1) is 0 Å². The molecule has 1 unspecified atom stereocenters. The van der Waals surface area contributed by atoms with E-state index in [1.165, 1.54) is 6.42 Å². The van der Waals surface area contributed by atoms with Gasteiger partial charge in [-0.1, -0.05) is 13.8 Å². The molecule has 0 amide bonds. The predicted molar refractivity (Wildman–Crippen MR) is 76.3 cm³/mol. The molecule has 0 bridgehead atoms. The van der Waals surface area contributed by atoms with Gasteiger partial charge >= 0.3 is 0 Å². The Hall–Kier alpha value is -1.20. The normalized spacial score (nSPS) is 19.1. The van der Waals surface area contributed by atoms with E-state index in [0.717, 1.165) is 37.6 Å². The molecule has 0 spiro atoms. The van der Waals surface area contributed by atoms with Gasteiger partial charge in [0.15, 0.2) is 0 Å². The molecule has 1 aliphatic rings. The van der Waals surface area contributed by atoms with Gasteiger partial charge in [-0.3, -0.25) is 0 Å². The molecule has 0 aliphatic carbocycles. The molecule has 1 aromatic heterocycles. The molecule has 106 valence electrons. The summed E-state index contributed by atoms with van der Waals surface area (Å²) in [6.45, 7) is 6.82. The largest absolute Gasteiger partial charge is 0.376 e. The van der Waals surface area contributed by atoms with E-state index in [2.05, 4.69) is 34.0 Å². The molecule has 1 aliphatic heterocycles. The third-order valence-electron chi connectivity index (χ3n) is 3.25. The highest BCUT2D eigenvalue weighted by Gasteiger charge is 2.18. The van der Waals surface area contributed by atoms with Crippen LogP contribution < -0.4 is 10.2 Å². The summed E-state index contributed by atoms with van der Waals surface area (Å²) in [6, 6.07) is 0.474. The van der Waals surface area contributed by atoms with Crippen molar-refractivity contribution in [3.8, 4) is 0 Å². The molecule has 2 rings (SSSR count). The molecule has 1 saturated heterocycles. The van der Waals surface area contributed by atoms with Gasteiger partial charge in [-0.05, 0) is 12.8 Å². The Kier molecular flexibility index (Phi) is 5.10. The van der Waals surface area contributed by atoms with Crippen LogP contribution in [0.2, 0.25) is 0 Å². The van der Waals surface area contributed by atoms with Crippen molar-refractivity contribution >= 4 is 5.95 Å². The standard InChI is InChI=1S/C14H24N4O/c1-11(2)15-7-12-8-16-14(17-9-12)18(3)10-13-5-4-6-19-13/h8-9,11,13,15H,4-7,10H2,1-3H3. The molecule has 19 heavy (non-hydrogen) atoms. The van der Waals surface area contributed by atoms with E-state index in [9.17, 15) is 0 Å². The summed E-state index contributed by atoms with van der Waals surface area (Å²) in [4.78, 5) is 10.9. The summed E-state index contributed by atoms with van der Waals surface area (Å²) in [7, 11) is 2.02. The Morgan fingerprint density at radius 1 is 1.42 bits per heavy atom. The second-order valence-electron chi connectivity index (χ2n) is 5.44. The first-order valence-electron chi connectivity index (χ1n) is 7.02. The van der Waals surface area contributed by atoms with Crippen molar-refractivity contribution in [3.05, 3.63) is 18.0 Å². The number of hydrogen-bond acceptors (Lipinski definition) is 5. The fraction of sp³-hybridized carbons (Fsp3) is 0.714. The molecule has 0 radical (unpaired) electrons. The number of hydrogen-bond donors (Lipinski definition) is 1. The predicted octanol–water partition coefficient (Wildman–Crippen LogP) is 1.59. The van der Waals surface area contributed by atoms with Crippen LogP contribution in [0.3, 0.4) is 0 Å². The first kappa shape index (κ1) is 14.2. The van der Waals surface area contributed by atoms with Gasteiger partial charge in [0.1, 0.15) is 0 Å². The SMILES string of the molecule is CC(C)NCc1cnc(N(C)CC2CCCO2)nc1. The van der Waals surface area contributed by atoms with Gasteiger partial charge in [0.05, 0.1) is 6.10 Å². The van der Waals surface area contributed by atoms with Gasteiger partial charge in [-0.2, -0.15) is 0 Å². The highest BCUT2D eigenvalue weighted by molar-refractivity contribution is 5.28. The summed E-state index contributed by atoms with van der Waals surface area (Å²) in [6.07, 6.45) is 6.42. The van der Waals surface area contributed by atoms with Crippen LogP contribution in [0.25, 0.3) is 0 Å². The zero-order chi connectivity index (χ0) is 13.7. The first-order chi connectivity index (χ1) is 9.15. The van der Waals surface area contributed by atoms with Gasteiger partial charge in [0, 0.05) is 50.7 Å². The summed E-state index contributed by atoms with van der Waals surface area (Å²) >= 11 is 0. The maximum absolute atomic E-state index is 5.63. The maximum Gasteiger partial charge on any atom is 0.225 e. The molecular weight excluding hydrogens is 240 g/mol. The number of aromatic nitrogens is 2. The van der Waals surface area contributed by atoms with Crippen LogP contribution in [0.1, 0.15) is 32.3 Å². The van der Waals surface area contributed by atoms with Crippen molar-refractivity contribution in [1.29, 1.82) is 0 Å². The minimum Gasteiger partial charge on any atom is -0.376 e.